The number of nitrogens with two attached hydrogens (primary N) is 1. The van der Waals surface area contributed by atoms with Crippen LogP contribution in [0.1, 0.15) is 24.1 Å². The number of aliphatic hydroxyl groups is 1. The molecule has 1 unspecified atom stereocenters. The summed E-state index contributed by atoms with van der Waals surface area (Å²) in [6, 6.07) is 1.76. The normalized spacial score (nSPS) is 12.9. The van der Waals surface area contributed by atoms with Crippen LogP contribution >= 0.6 is 0 Å². The first kappa shape index (κ1) is 11.1. The van der Waals surface area contributed by atoms with Crippen LogP contribution in [0.2, 0.25) is 0 Å². The minimum atomic E-state index is -0.969. The van der Waals surface area contributed by atoms with Crippen LogP contribution in [-0.2, 0) is 6.42 Å². The topological polar surface area (TPSA) is 46.2 Å². The van der Waals surface area contributed by atoms with E-state index in [0.29, 0.717) is 12.0 Å². The highest BCUT2D eigenvalue weighted by Gasteiger charge is 2.15. The van der Waals surface area contributed by atoms with Crippen LogP contribution in [0.25, 0.3) is 0 Å². The van der Waals surface area contributed by atoms with Crippen LogP contribution in [0.4, 0.5) is 8.78 Å². The molecule has 0 heterocycles. The molecule has 1 aromatic carbocycles. The molecular formula is C10H13F2NO. The Morgan fingerprint density at radius 1 is 1.43 bits per heavy atom. The zero-order chi connectivity index (χ0) is 10.7. The van der Waals surface area contributed by atoms with Gasteiger partial charge in [0.05, 0.1) is 12.6 Å². The van der Waals surface area contributed by atoms with Crippen molar-refractivity contribution in [2.75, 3.05) is 6.61 Å². The molecule has 14 heavy (non-hydrogen) atoms. The van der Waals surface area contributed by atoms with Crippen LogP contribution in [0.15, 0.2) is 12.1 Å². The average molecular weight is 201 g/mol. The molecule has 2 nitrogen and oxygen atoms in total. The lowest BCUT2D eigenvalue weighted by Gasteiger charge is -2.11. The van der Waals surface area contributed by atoms with Crippen molar-refractivity contribution in [3.8, 4) is 0 Å². The minimum absolute atomic E-state index is 0.0318. The summed E-state index contributed by atoms with van der Waals surface area (Å²) in [6.45, 7) is 1.43. The van der Waals surface area contributed by atoms with Gasteiger partial charge in [-0.1, -0.05) is 13.0 Å². The Labute approximate surface area is 81.4 Å². The third kappa shape index (κ3) is 2.08. The molecule has 0 aromatic heterocycles. The number of halogens is 2. The Morgan fingerprint density at radius 3 is 2.57 bits per heavy atom. The third-order valence-electron chi connectivity index (χ3n) is 2.12. The van der Waals surface area contributed by atoms with E-state index in [2.05, 4.69) is 0 Å². The second kappa shape index (κ2) is 4.48. The first-order chi connectivity index (χ1) is 6.60. The van der Waals surface area contributed by atoms with Crippen LogP contribution in [0.5, 0.6) is 0 Å². The molecule has 78 valence electrons. The summed E-state index contributed by atoms with van der Waals surface area (Å²) < 4.78 is 26.2. The molecular weight excluding hydrogens is 188 g/mol. The Balaban J connectivity index is 3.20. The second-order valence-corrected chi connectivity index (χ2v) is 3.12. The highest BCUT2D eigenvalue weighted by Crippen LogP contribution is 2.20. The zero-order valence-corrected chi connectivity index (χ0v) is 7.93. The summed E-state index contributed by atoms with van der Waals surface area (Å²) in [6.07, 6.45) is 0.600. The molecule has 4 heteroatoms. The van der Waals surface area contributed by atoms with Gasteiger partial charge in [0.25, 0.3) is 0 Å². The summed E-state index contributed by atoms with van der Waals surface area (Å²) in [7, 11) is 0. The molecule has 1 atom stereocenters. The fourth-order valence-electron chi connectivity index (χ4n) is 1.24. The highest BCUT2D eigenvalue weighted by atomic mass is 19.2. The first-order valence-corrected chi connectivity index (χ1v) is 4.44. The number of hydrogen-bond donors (Lipinski definition) is 2. The number of aryl methyl sites for hydroxylation is 1. The minimum Gasteiger partial charge on any atom is -0.394 e. The van der Waals surface area contributed by atoms with E-state index in [9.17, 15) is 8.78 Å². The van der Waals surface area contributed by atoms with Gasteiger partial charge < -0.3 is 10.8 Å². The van der Waals surface area contributed by atoms with Gasteiger partial charge >= 0.3 is 0 Å². The summed E-state index contributed by atoms with van der Waals surface area (Å²) in [5, 5.41) is 8.75. The maximum atomic E-state index is 13.2. The molecule has 0 saturated carbocycles. The monoisotopic (exact) mass is 201 g/mol. The summed E-state index contributed by atoms with van der Waals surface area (Å²) in [4.78, 5) is 0. The van der Waals surface area contributed by atoms with Gasteiger partial charge in [-0.25, -0.2) is 8.78 Å². The van der Waals surface area contributed by atoms with E-state index in [4.69, 9.17) is 10.8 Å². The van der Waals surface area contributed by atoms with E-state index < -0.39 is 24.3 Å². The smallest absolute Gasteiger partial charge is 0.163 e. The average Bonchev–Trinajstić information content (AvgIpc) is 2.20. The number of hydrogen-bond acceptors (Lipinski definition) is 2. The Kier molecular flexibility index (Phi) is 3.55. The standard InChI is InChI=1S/C10H13F2NO/c1-2-6-3-7(9(13)5-14)10(12)8(11)4-6/h3-4,9,14H,2,5,13H2,1H3. The first-order valence-electron chi connectivity index (χ1n) is 4.44. The van der Waals surface area contributed by atoms with E-state index in [0.717, 1.165) is 6.07 Å². The summed E-state index contributed by atoms with van der Waals surface area (Å²) >= 11 is 0. The van der Waals surface area contributed by atoms with Crippen molar-refractivity contribution in [1.82, 2.24) is 0 Å². The van der Waals surface area contributed by atoms with Gasteiger partial charge in [-0.2, -0.15) is 0 Å². The predicted molar refractivity (Wildman–Crippen MR) is 49.8 cm³/mol. The van der Waals surface area contributed by atoms with Crippen LogP contribution in [0, 0.1) is 11.6 Å². The van der Waals surface area contributed by atoms with Gasteiger partial charge in [0, 0.05) is 5.56 Å². The maximum absolute atomic E-state index is 13.2. The second-order valence-electron chi connectivity index (χ2n) is 3.12. The van der Waals surface area contributed by atoms with Gasteiger partial charge in [-0.3, -0.25) is 0 Å². The van der Waals surface area contributed by atoms with Crippen molar-refractivity contribution in [2.45, 2.75) is 19.4 Å². The summed E-state index contributed by atoms with van der Waals surface area (Å²) in [5.41, 5.74) is 6.13. The van der Waals surface area contributed by atoms with Gasteiger partial charge in [-0.15, -0.1) is 0 Å². The lowest BCUT2D eigenvalue weighted by Crippen LogP contribution is -2.17. The lowest BCUT2D eigenvalue weighted by molar-refractivity contribution is 0.264. The highest BCUT2D eigenvalue weighted by molar-refractivity contribution is 5.28. The molecule has 0 saturated heterocycles. The quantitative estimate of drug-likeness (QED) is 0.778. The van der Waals surface area contributed by atoms with Crippen molar-refractivity contribution in [3.05, 3.63) is 34.9 Å². The molecule has 0 aliphatic rings. The fourth-order valence-corrected chi connectivity index (χ4v) is 1.24. The largest absolute Gasteiger partial charge is 0.394 e. The molecule has 0 aliphatic carbocycles. The SMILES string of the molecule is CCc1cc(F)c(F)c(C(N)CO)c1. The third-order valence-corrected chi connectivity index (χ3v) is 2.12. The maximum Gasteiger partial charge on any atom is 0.163 e. The molecule has 1 rings (SSSR count). The predicted octanol–water partition coefficient (Wildman–Crippen LogP) is 1.52. The van der Waals surface area contributed by atoms with Gasteiger partial charge in [-0.05, 0) is 18.1 Å². The van der Waals surface area contributed by atoms with Crippen LogP contribution < -0.4 is 5.73 Å². The van der Waals surface area contributed by atoms with Gasteiger partial charge in [0.1, 0.15) is 0 Å². The molecule has 0 aliphatic heterocycles. The molecule has 0 spiro atoms. The molecule has 0 amide bonds. The molecule has 3 N–H and O–H groups in total. The van der Waals surface area contributed by atoms with Crippen LogP contribution in [-0.4, -0.2) is 11.7 Å². The lowest BCUT2D eigenvalue weighted by atomic mass is 10.0. The zero-order valence-electron chi connectivity index (χ0n) is 7.93. The van der Waals surface area contributed by atoms with E-state index in [1.807, 2.05) is 6.92 Å². The van der Waals surface area contributed by atoms with Crippen molar-refractivity contribution in [2.24, 2.45) is 5.73 Å². The van der Waals surface area contributed by atoms with E-state index in [-0.39, 0.29) is 5.56 Å². The summed E-state index contributed by atoms with van der Waals surface area (Å²) in [5.74, 6) is -1.88. The van der Waals surface area contributed by atoms with E-state index in [1.54, 1.807) is 0 Å². The van der Waals surface area contributed by atoms with E-state index in [1.165, 1.54) is 6.07 Å². The van der Waals surface area contributed by atoms with E-state index >= 15 is 0 Å². The Hall–Kier alpha value is -1.00. The Morgan fingerprint density at radius 2 is 2.07 bits per heavy atom. The van der Waals surface area contributed by atoms with Crippen LogP contribution in [0.3, 0.4) is 0 Å². The molecule has 0 radical (unpaired) electrons. The number of aliphatic hydroxyl groups excluding tert-OH is 1. The Bertz CT molecular complexity index is 328. The molecule has 0 fully saturated rings. The van der Waals surface area contributed by atoms with Crippen molar-refractivity contribution < 1.29 is 13.9 Å². The number of rotatable bonds is 3. The van der Waals surface area contributed by atoms with Gasteiger partial charge in [0.15, 0.2) is 11.6 Å². The fraction of sp³-hybridized carbons (Fsp3) is 0.400. The molecule has 1 aromatic rings. The van der Waals surface area contributed by atoms with Crippen molar-refractivity contribution >= 4 is 0 Å². The van der Waals surface area contributed by atoms with Crippen molar-refractivity contribution in [3.63, 3.8) is 0 Å². The molecule has 0 bridgehead atoms. The van der Waals surface area contributed by atoms with Crippen molar-refractivity contribution in [1.29, 1.82) is 0 Å². The number of benzene rings is 1. The van der Waals surface area contributed by atoms with Gasteiger partial charge in [0.2, 0.25) is 0 Å².